The van der Waals surface area contributed by atoms with E-state index in [9.17, 15) is 13.2 Å². The zero-order chi connectivity index (χ0) is 18.9. The molecule has 1 rings (SSSR count). The molecule has 1 unspecified atom stereocenters. The van der Waals surface area contributed by atoms with E-state index >= 15 is 0 Å². The van der Waals surface area contributed by atoms with E-state index in [1.807, 2.05) is 6.92 Å². The molecule has 1 aromatic carbocycles. The van der Waals surface area contributed by atoms with E-state index in [0.29, 0.717) is 19.1 Å². The van der Waals surface area contributed by atoms with Gasteiger partial charge < -0.3 is 24.8 Å². The maximum atomic E-state index is 12.3. The van der Waals surface area contributed by atoms with Gasteiger partial charge >= 0.3 is 6.18 Å². The SMILES string of the molecule is CN=C(NCc1ccc(OCC(F)(F)F)c(OC)c1)NC(C)COC. The molecule has 6 nitrogen and oxygen atoms in total. The van der Waals surface area contributed by atoms with Crippen molar-refractivity contribution in [3.05, 3.63) is 23.8 Å². The van der Waals surface area contributed by atoms with Crippen molar-refractivity contribution in [1.29, 1.82) is 0 Å². The number of alkyl halides is 3. The molecule has 0 aromatic heterocycles. The second kappa shape index (κ2) is 9.97. The summed E-state index contributed by atoms with van der Waals surface area (Å²) in [6.07, 6.45) is -4.40. The van der Waals surface area contributed by atoms with Crippen LogP contribution < -0.4 is 20.1 Å². The summed E-state index contributed by atoms with van der Waals surface area (Å²) in [6, 6.07) is 4.80. The molecule has 0 saturated carbocycles. The van der Waals surface area contributed by atoms with Crippen LogP contribution in [-0.4, -0.2) is 52.7 Å². The van der Waals surface area contributed by atoms with Crippen molar-refractivity contribution in [2.24, 2.45) is 4.99 Å². The standard InChI is InChI=1S/C16H24F3N3O3/c1-11(9-23-3)22-15(20-2)21-8-12-5-6-13(14(7-12)24-4)25-10-16(17,18)19/h5-7,11H,8-10H2,1-4H3,(H2,20,21,22). The third-order valence-electron chi connectivity index (χ3n) is 3.10. The lowest BCUT2D eigenvalue weighted by Crippen LogP contribution is -2.43. The number of ether oxygens (including phenoxy) is 3. The summed E-state index contributed by atoms with van der Waals surface area (Å²) in [5.41, 5.74) is 0.804. The van der Waals surface area contributed by atoms with Crippen LogP contribution in [0.4, 0.5) is 13.2 Å². The number of nitrogens with one attached hydrogen (secondary N) is 2. The van der Waals surface area contributed by atoms with Crippen LogP contribution in [0.1, 0.15) is 12.5 Å². The number of hydrogen-bond donors (Lipinski definition) is 2. The second-order valence-corrected chi connectivity index (χ2v) is 5.32. The van der Waals surface area contributed by atoms with Gasteiger partial charge in [-0.15, -0.1) is 0 Å². The van der Waals surface area contributed by atoms with Gasteiger partial charge in [-0.1, -0.05) is 6.07 Å². The zero-order valence-electron chi connectivity index (χ0n) is 14.7. The Kier molecular flexibility index (Phi) is 8.33. The topological polar surface area (TPSA) is 64.1 Å². The molecule has 0 saturated heterocycles. The largest absolute Gasteiger partial charge is 0.493 e. The minimum Gasteiger partial charge on any atom is -0.493 e. The summed E-state index contributed by atoms with van der Waals surface area (Å²) in [6.45, 7) is 1.52. The Balaban J connectivity index is 2.67. The number of aliphatic imine (C=N–C) groups is 1. The fourth-order valence-corrected chi connectivity index (χ4v) is 2.01. The van der Waals surface area contributed by atoms with E-state index in [1.54, 1.807) is 26.3 Å². The summed E-state index contributed by atoms with van der Waals surface area (Å²) in [7, 11) is 4.63. The predicted molar refractivity (Wildman–Crippen MR) is 89.2 cm³/mol. The van der Waals surface area contributed by atoms with Crippen molar-refractivity contribution in [2.45, 2.75) is 25.7 Å². The Labute approximate surface area is 145 Å². The van der Waals surface area contributed by atoms with Gasteiger partial charge in [0.05, 0.1) is 13.7 Å². The van der Waals surface area contributed by atoms with Crippen LogP contribution in [-0.2, 0) is 11.3 Å². The molecular formula is C16H24F3N3O3. The smallest absolute Gasteiger partial charge is 0.422 e. The Hall–Kier alpha value is -2.16. The second-order valence-electron chi connectivity index (χ2n) is 5.32. The maximum absolute atomic E-state index is 12.3. The van der Waals surface area contributed by atoms with Gasteiger partial charge in [0, 0.05) is 26.7 Å². The first-order valence-electron chi connectivity index (χ1n) is 7.61. The van der Waals surface area contributed by atoms with Crippen LogP contribution in [0.5, 0.6) is 11.5 Å². The Morgan fingerprint density at radius 3 is 2.52 bits per heavy atom. The normalized spacial score (nSPS) is 13.3. The van der Waals surface area contributed by atoms with Gasteiger partial charge in [-0.2, -0.15) is 13.2 Å². The first-order valence-corrected chi connectivity index (χ1v) is 7.61. The van der Waals surface area contributed by atoms with E-state index in [2.05, 4.69) is 15.6 Å². The highest BCUT2D eigenvalue weighted by Crippen LogP contribution is 2.29. The summed E-state index contributed by atoms with van der Waals surface area (Å²) in [5.74, 6) is 0.861. The number of halogens is 3. The lowest BCUT2D eigenvalue weighted by molar-refractivity contribution is -0.153. The fourth-order valence-electron chi connectivity index (χ4n) is 2.01. The molecule has 0 heterocycles. The number of benzene rings is 1. The van der Waals surface area contributed by atoms with E-state index in [4.69, 9.17) is 14.2 Å². The van der Waals surface area contributed by atoms with Gasteiger partial charge in [-0.3, -0.25) is 4.99 Å². The van der Waals surface area contributed by atoms with Gasteiger partial charge in [-0.05, 0) is 24.6 Å². The van der Waals surface area contributed by atoms with Crippen LogP contribution in [0.2, 0.25) is 0 Å². The van der Waals surface area contributed by atoms with Gasteiger partial charge in [0.2, 0.25) is 0 Å². The first-order chi connectivity index (χ1) is 11.8. The molecular weight excluding hydrogens is 339 g/mol. The first kappa shape index (κ1) is 20.9. The molecule has 0 radical (unpaired) electrons. The van der Waals surface area contributed by atoms with Crippen molar-refractivity contribution in [3.63, 3.8) is 0 Å². The predicted octanol–water partition coefficient (Wildman–Crippen LogP) is 2.34. The monoisotopic (exact) mass is 363 g/mol. The molecule has 1 aromatic rings. The molecule has 0 aliphatic rings. The van der Waals surface area contributed by atoms with Gasteiger partial charge in [0.15, 0.2) is 24.1 Å². The molecule has 0 amide bonds. The lowest BCUT2D eigenvalue weighted by atomic mass is 10.2. The highest BCUT2D eigenvalue weighted by atomic mass is 19.4. The molecule has 0 fully saturated rings. The zero-order valence-corrected chi connectivity index (χ0v) is 14.7. The Morgan fingerprint density at radius 2 is 1.96 bits per heavy atom. The minimum absolute atomic E-state index is 0.0415. The van der Waals surface area contributed by atoms with E-state index in [0.717, 1.165) is 5.56 Å². The number of nitrogens with zero attached hydrogens (tertiary/aromatic N) is 1. The molecule has 0 aliphatic carbocycles. The van der Waals surface area contributed by atoms with Crippen molar-refractivity contribution in [3.8, 4) is 11.5 Å². The van der Waals surface area contributed by atoms with Crippen molar-refractivity contribution in [1.82, 2.24) is 10.6 Å². The average molecular weight is 363 g/mol. The van der Waals surface area contributed by atoms with Crippen molar-refractivity contribution < 1.29 is 27.4 Å². The summed E-state index contributed by atoms with van der Waals surface area (Å²) in [5, 5.41) is 6.26. The Bertz CT molecular complexity index is 565. The Morgan fingerprint density at radius 1 is 1.24 bits per heavy atom. The molecule has 142 valence electrons. The van der Waals surface area contributed by atoms with Crippen LogP contribution in [0, 0.1) is 0 Å². The van der Waals surface area contributed by atoms with E-state index < -0.39 is 12.8 Å². The van der Waals surface area contributed by atoms with E-state index in [1.165, 1.54) is 13.2 Å². The number of hydrogen-bond acceptors (Lipinski definition) is 4. The fraction of sp³-hybridized carbons (Fsp3) is 0.562. The highest BCUT2D eigenvalue weighted by molar-refractivity contribution is 5.79. The van der Waals surface area contributed by atoms with Crippen molar-refractivity contribution in [2.75, 3.05) is 34.5 Å². The summed E-state index contributed by atoms with van der Waals surface area (Å²) < 4.78 is 51.7. The molecule has 1 atom stereocenters. The summed E-state index contributed by atoms with van der Waals surface area (Å²) >= 11 is 0. The lowest BCUT2D eigenvalue weighted by Gasteiger charge is -2.18. The van der Waals surface area contributed by atoms with Gasteiger partial charge in [-0.25, -0.2) is 0 Å². The molecule has 2 N–H and O–H groups in total. The average Bonchev–Trinajstić information content (AvgIpc) is 2.56. The summed E-state index contributed by atoms with van der Waals surface area (Å²) in [4.78, 5) is 4.10. The van der Waals surface area contributed by atoms with Gasteiger partial charge in [0.1, 0.15) is 0 Å². The van der Waals surface area contributed by atoms with Crippen LogP contribution in [0.25, 0.3) is 0 Å². The molecule has 0 spiro atoms. The van der Waals surface area contributed by atoms with Crippen LogP contribution in [0.15, 0.2) is 23.2 Å². The quantitative estimate of drug-likeness (QED) is 0.548. The molecule has 0 bridgehead atoms. The van der Waals surface area contributed by atoms with Crippen molar-refractivity contribution >= 4 is 5.96 Å². The third kappa shape index (κ3) is 7.97. The maximum Gasteiger partial charge on any atom is 0.422 e. The van der Waals surface area contributed by atoms with E-state index in [-0.39, 0.29) is 17.5 Å². The molecule has 0 aliphatic heterocycles. The highest BCUT2D eigenvalue weighted by Gasteiger charge is 2.29. The number of guanidine groups is 1. The van der Waals surface area contributed by atoms with Crippen LogP contribution >= 0.6 is 0 Å². The number of methoxy groups -OCH3 is 2. The van der Waals surface area contributed by atoms with Gasteiger partial charge in [0.25, 0.3) is 0 Å². The molecule has 9 heteroatoms. The molecule has 25 heavy (non-hydrogen) atoms. The third-order valence-corrected chi connectivity index (χ3v) is 3.10. The minimum atomic E-state index is -4.40. The number of rotatable bonds is 8. The van der Waals surface area contributed by atoms with Crippen LogP contribution in [0.3, 0.4) is 0 Å².